The fourth-order valence-corrected chi connectivity index (χ4v) is 2.50. The highest BCUT2D eigenvalue weighted by Crippen LogP contribution is 2.30. The largest absolute Gasteiger partial charge is 0.329 e. The molecule has 0 fully saturated rings. The molecule has 0 spiro atoms. The molecule has 3 rings (SSSR count). The van der Waals surface area contributed by atoms with Crippen molar-refractivity contribution in [3.05, 3.63) is 66.1 Å². The molecule has 0 bridgehead atoms. The van der Waals surface area contributed by atoms with Crippen molar-refractivity contribution in [2.75, 3.05) is 11.9 Å². The lowest BCUT2D eigenvalue weighted by Gasteiger charge is -2.21. The highest BCUT2D eigenvalue weighted by molar-refractivity contribution is 6.17. The monoisotopic (exact) mass is 300 g/mol. The number of benzene rings is 2. The molecule has 0 aliphatic rings. The third-order valence-electron chi connectivity index (χ3n) is 3.42. The summed E-state index contributed by atoms with van der Waals surface area (Å²) in [6.07, 6.45) is 0. The average Bonchev–Trinajstić information content (AvgIpc) is 2.53. The van der Waals surface area contributed by atoms with Gasteiger partial charge in [0.05, 0.1) is 11.6 Å². The predicted molar refractivity (Wildman–Crippen MR) is 85.8 cm³/mol. The van der Waals surface area contributed by atoms with Crippen LogP contribution in [0.15, 0.2) is 54.6 Å². The summed E-state index contributed by atoms with van der Waals surface area (Å²) < 4.78 is 13.4. The van der Waals surface area contributed by atoms with Crippen LogP contribution in [0.3, 0.4) is 0 Å². The number of anilines is 2. The lowest BCUT2D eigenvalue weighted by atomic mass is 10.1. The number of hydrogen-bond acceptors (Lipinski definition) is 2. The zero-order valence-corrected chi connectivity index (χ0v) is 12.3. The summed E-state index contributed by atoms with van der Waals surface area (Å²) in [5, 5.41) is 2.08. The van der Waals surface area contributed by atoms with E-state index in [1.165, 1.54) is 12.1 Å². The molecule has 0 amide bonds. The summed E-state index contributed by atoms with van der Waals surface area (Å²) in [5.74, 6) is 0.848. The molecule has 0 aliphatic carbocycles. The van der Waals surface area contributed by atoms with Crippen molar-refractivity contribution in [3.8, 4) is 0 Å². The maximum Gasteiger partial charge on any atom is 0.140 e. The molecule has 0 saturated heterocycles. The number of fused-ring (bicyclic) bond motifs is 1. The number of hydrogen-bond donors (Lipinski definition) is 0. The van der Waals surface area contributed by atoms with E-state index in [1.807, 2.05) is 48.3 Å². The lowest BCUT2D eigenvalue weighted by Crippen LogP contribution is -2.12. The average molecular weight is 301 g/mol. The van der Waals surface area contributed by atoms with E-state index in [9.17, 15) is 4.39 Å². The summed E-state index contributed by atoms with van der Waals surface area (Å²) in [7, 11) is 1.88. The zero-order chi connectivity index (χ0) is 14.8. The van der Waals surface area contributed by atoms with Crippen molar-refractivity contribution in [2.24, 2.45) is 0 Å². The Hall–Kier alpha value is -2.13. The predicted octanol–water partition coefficient (Wildman–Crippen LogP) is 4.88. The second-order valence-electron chi connectivity index (χ2n) is 4.83. The van der Waals surface area contributed by atoms with Crippen molar-refractivity contribution in [1.29, 1.82) is 0 Å². The van der Waals surface area contributed by atoms with Crippen LogP contribution >= 0.6 is 11.6 Å². The Kier molecular flexibility index (Phi) is 3.76. The van der Waals surface area contributed by atoms with Crippen LogP contribution in [0.1, 0.15) is 5.69 Å². The standard InChI is InChI=1S/C17H14ClFN2/c1-21(15-7-4-6-13(19)10-15)17-16-8-3-2-5-12(16)9-14(11-18)20-17/h2-10H,11H2,1H3. The van der Waals surface area contributed by atoms with Gasteiger partial charge in [0.1, 0.15) is 11.6 Å². The van der Waals surface area contributed by atoms with E-state index >= 15 is 0 Å². The van der Waals surface area contributed by atoms with E-state index in [0.717, 1.165) is 28.0 Å². The van der Waals surface area contributed by atoms with Crippen LogP contribution in [0.4, 0.5) is 15.9 Å². The first kappa shape index (κ1) is 13.8. The molecular formula is C17H14ClFN2. The summed E-state index contributed by atoms with van der Waals surface area (Å²) >= 11 is 5.93. The van der Waals surface area contributed by atoms with Crippen molar-refractivity contribution < 1.29 is 4.39 Å². The van der Waals surface area contributed by atoms with Crippen LogP contribution in [0.5, 0.6) is 0 Å². The highest BCUT2D eigenvalue weighted by Gasteiger charge is 2.12. The van der Waals surface area contributed by atoms with Gasteiger partial charge < -0.3 is 4.90 Å². The number of alkyl halides is 1. The molecular weight excluding hydrogens is 287 g/mol. The van der Waals surface area contributed by atoms with Crippen LogP contribution < -0.4 is 4.90 Å². The minimum absolute atomic E-state index is 0.267. The lowest BCUT2D eigenvalue weighted by molar-refractivity contribution is 0.628. The van der Waals surface area contributed by atoms with Crippen LogP contribution in [0.25, 0.3) is 10.8 Å². The first-order valence-electron chi connectivity index (χ1n) is 6.63. The van der Waals surface area contributed by atoms with Gasteiger partial charge in [0.2, 0.25) is 0 Å². The molecule has 2 nitrogen and oxygen atoms in total. The van der Waals surface area contributed by atoms with Gasteiger partial charge in [-0.3, -0.25) is 0 Å². The minimum Gasteiger partial charge on any atom is -0.329 e. The molecule has 1 aromatic heterocycles. The van der Waals surface area contributed by atoms with Crippen LogP contribution in [0.2, 0.25) is 0 Å². The number of aromatic nitrogens is 1. The van der Waals surface area contributed by atoms with E-state index in [1.54, 1.807) is 6.07 Å². The van der Waals surface area contributed by atoms with Gasteiger partial charge in [0.25, 0.3) is 0 Å². The third-order valence-corrected chi connectivity index (χ3v) is 3.70. The van der Waals surface area contributed by atoms with Crippen LogP contribution in [-0.4, -0.2) is 12.0 Å². The summed E-state index contributed by atoms with van der Waals surface area (Å²) in [5.41, 5.74) is 1.55. The highest BCUT2D eigenvalue weighted by atomic mass is 35.5. The van der Waals surface area contributed by atoms with Crippen LogP contribution in [0, 0.1) is 5.82 Å². The van der Waals surface area contributed by atoms with E-state index in [0.29, 0.717) is 5.88 Å². The SMILES string of the molecule is CN(c1cccc(F)c1)c1nc(CCl)cc2ccccc12. The Morgan fingerprint density at radius 2 is 1.90 bits per heavy atom. The summed E-state index contributed by atoms with van der Waals surface area (Å²) in [6, 6.07) is 16.4. The molecule has 4 heteroatoms. The molecule has 106 valence electrons. The molecule has 0 radical (unpaired) electrons. The second-order valence-corrected chi connectivity index (χ2v) is 5.10. The molecule has 21 heavy (non-hydrogen) atoms. The quantitative estimate of drug-likeness (QED) is 0.641. The van der Waals surface area contributed by atoms with Gasteiger partial charge in [-0.1, -0.05) is 30.3 Å². The first-order valence-corrected chi connectivity index (χ1v) is 7.16. The van der Waals surface area contributed by atoms with Crippen molar-refractivity contribution in [3.63, 3.8) is 0 Å². The van der Waals surface area contributed by atoms with Gasteiger partial charge in [-0.05, 0) is 29.7 Å². The van der Waals surface area contributed by atoms with E-state index in [-0.39, 0.29) is 5.82 Å². The summed E-state index contributed by atoms with van der Waals surface area (Å²) in [4.78, 5) is 6.47. The maximum atomic E-state index is 13.4. The fraction of sp³-hybridized carbons (Fsp3) is 0.118. The molecule has 2 aromatic carbocycles. The Morgan fingerprint density at radius 3 is 2.67 bits per heavy atom. The Morgan fingerprint density at radius 1 is 1.10 bits per heavy atom. The van der Waals surface area contributed by atoms with Crippen molar-refractivity contribution in [1.82, 2.24) is 4.98 Å². The first-order chi connectivity index (χ1) is 10.2. The Balaban J connectivity index is 2.18. The minimum atomic E-state index is -0.267. The number of halogens is 2. The van der Waals surface area contributed by atoms with Gasteiger partial charge in [0, 0.05) is 18.1 Å². The third kappa shape index (κ3) is 2.69. The number of pyridine rings is 1. The van der Waals surface area contributed by atoms with E-state index < -0.39 is 0 Å². The van der Waals surface area contributed by atoms with Crippen molar-refractivity contribution in [2.45, 2.75) is 5.88 Å². The number of rotatable bonds is 3. The topological polar surface area (TPSA) is 16.1 Å². The fourth-order valence-electron chi connectivity index (χ4n) is 2.37. The van der Waals surface area contributed by atoms with Crippen LogP contribution in [-0.2, 0) is 5.88 Å². The smallest absolute Gasteiger partial charge is 0.140 e. The summed E-state index contributed by atoms with van der Waals surface area (Å²) in [6.45, 7) is 0. The van der Waals surface area contributed by atoms with Gasteiger partial charge in [-0.25, -0.2) is 9.37 Å². The van der Waals surface area contributed by atoms with Crippen molar-refractivity contribution >= 4 is 33.9 Å². The molecule has 0 N–H and O–H groups in total. The molecule has 0 saturated carbocycles. The molecule has 3 aromatic rings. The normalized spacial score (nSPS) is 10.8. The molecule has 0 unspecified atom stereocenters. The zero-order valence-electron chi connectivity index (χ0n) is 11.6. The second kappa shape index (κ2) is 5.70. The van der Waals surface area contributed by atoms with Gasteiger partial charge in [0.15, 0.2) is 0 Å². The molecule has 1 heterocycles. The van der Waals surface area contributed by atoms with E-state index in [4.69, 9.17) is 11.6 Å². The van der Waals surface area contributed by atoms with Gasteiger partial charge in [-0.2, -0.15) is 0 Å². The molecule has 0 aliphatic heterocycles. The van der Waals surface area contributed by atoms with Gasteiger partial charge >= 0.3 is 0 Å². The maximum absolute atomic E-state index is 13.4. The Bertz CT molecular complexity index is 789. The van der Waals surface area contributed by atoms with Gasteiger partial charge in [-0.15, -0.1) is 11.6 Å². The van der Waals surface area contributed by atoms with E-state index in [2.05, 4.69) is 4.98 Å². The Labute approximate surface area is 127 Å². The molecule has 0 atom stereocenters. The number of nitrogens with zero attached hydrogens (tertiary/aromatic N) is 2.